The summed E-state index contributed by atoms with van der Waals surface area (Å²) < 4.78 is 8.24. The first kappa shape index (κ1) is 12.2. The topological polar surface area (TPSA) is 65.2 Å². The summed E-state index contributed by atoms with van der Waals surface area (Å²) in [5.74, 6) is 1.16. The zero-order valence-corrected chi connectivity index (χ0v) is 12.2. The average Bonchev–Trinajstić information content (AvgIpc) is 2.98. The number of nitrogens with zero attached hydrogens (tertiary/aromatic N) is 5. The third-order valence-corrected chi connectivity index (χ3v) is 3.59. The van der Waals surface area contributed by atoms with Crippen molar-refractivity contribution in [3.63, 3.8) is 0 Å². The first-order valence-electron chi connectivity index (χ1n) is 6.22. The second-order valence-corrected chi connectivity index (χ2v) is 5.31. The van der Waals surface area contributed by atoms with E-state index in [2.05, 4.69) is 36.6 Å². The molecule has 2 heterocycles. The smallest absolute Gasteiger partial charge is 0.247 e. The fourth-order valence-electron chi connectivity index (χ4n) is 2.11. The minimum absolute atomic E-state index is 0.465. The predicted octanol–water partition coefficient (Wildman–Crippen LogP) is 3.23. The Hall–Kier alpha value is -2.54. The number of hydrogen-bond donors (Lipinski definition) is 0. The van der Waals surface area contributed by atoms with Crippen molar-refractivity contribution in [2.45, 2.75) is 0 Å². The van der Waals surface area contributed by atoms with Crippen LogP contribution >= 0.6 is 15.9 Å². The standard InChI is InChI=1S/C14H8BrN5O/c15-9-5-7-10(8-6-9)21-14-12-4-2-1-3-11(12)13-16-18-19-20(13)17-14/h1-8H. The first-order valence-corrected chi connectivity index (χ1v) is 7.01. The van der Waals surface area contributed by atoms with Gasteiger partial charge >= 0.3 is 0 Å². The molecule has 0 atom stereocenters. The minimum atomic E-state index is 0.465. The number of fused-ring (bicyclic) bond motifs is 3. The maximum atomic E-state index is 5.88. The lowest BCUT2D eigenvalue weighted by molar-refractivity contribution is 0.453. The molecule has 4 aromatic rings. The molecule has 2 aromatic carbocycles. The molecule has 0 spiro atoms. The van der Waals surface area contributed by atoms with E-state index in [1.807, 2.05) is 48.5 Å². The number of tetrazole rings is 1. The van der Waals surface area contributed by atoms with E-state index in [0.717, 1.165) is 15.2 Å². The molecule has 102 valence electrons. The fourth-order valence-corrected chi connectivity index (χ4v) is 2.37. The molecule has 0 amide bonds. The Labute approximate surface area is 127 Å². The lowest BCUT2D eigenvalue weighted by Gasteiger charge is -2.08. The summed E-state index contributed by atoms with van der Waals surface area (Å²) in [6.07, 6.45) is 0. The third-order valence-electron chi connectivity index (χ3n) is 3.07. The van der Waals surface area contributed by atoms with Gasteiger partial charge in [-0.3, -0.25) is 0 Å². The third kappa shape index (κ3) is 2.11. The predicted molar refractivity (Wildman–Crippen MR) is 80.3 cm³/mol. The van der Waals surface area contributed by atoms with Crippen LogP contribution in [0.25, 0.3) is 16.4 Å². The molecule has 0 radical (unpaired) electrons. The Morgan fingerprint density at radius 1 is 0.952 bits per heavy atom. The molecule has 0 saturated heterocycles. The van der Waals surface area contributed by atoms with E-state index in [4.69, 9.17) is 4.74 Å². The molecule has 4 rings (SSSR count). The van der Waals surface area contributed by atoms with Crippen LogP contribution in [0, 0.1) is 0 Å². The summed E-state index contributed by atoms with van der Waals surface area (Å²) in [6.45, 7) is 0. The quantitative estimate of drug-likeness (QED) is 0.560. The normalized spacial score (nSPS) is 11.1. The zero-order valence-electron chi connectivity index (χ0n) is 10.6. The summed E-state index contributed by atoms with van der Waals surface area (Å²) in [5.41, 5.74) is 0.605. The summed E-state index contributed by atoms with van der Waals surface area (Å²) in [4.78, 5) is 0. The van der Waals surface area contributed by atoms with Crippen LogP contribution in [0.3, 0.4) is 0 Å². The van der Waals surface area contributed by atoms with Crippen LogP contribution in [0.1, 0.15) is 0 Å². The second kappa shape index (κ2) is 4.78. The molecule has 0 aliphatic rings. The molecule has 7 heteroatoms. The summed E-state index contributed by atoms with van der Waals surface area (Å²) in [7, 11) is 0. The SMILES string of the molecule is Brc1ccc(Oc2nn3nnnc3c3ccccc23)cc1. The molecule has 0 bridgehead atoms. The fraction of sp³-hybridized carbons (Fsp3) is 0. The highest BCUT2D eigenvalue weighted by atomic mass is 79.9. The van der Waals surface area contributed by atoms with Gasteiger partial charge < -0.3 is 4.74 Å². The van der Waals surface area contributed by atoms with Gasteiger partial charge in [0, 0.05) is 15.2 Å². The van der Waals surface area contributed by atoms with Crippen LogP contribution < -0.4 is 4.74 Å². The van der Waals surface area contributed by atoms with E-state index in [1.165, 1.54) is 4.63 Å². The molecular formula is C14H8BrN5O. The number of rotatable bonds is 2. The van der Waals surface area contributed by atoms with Crippen molar-refractivity contribution in [3.8, 4) is 11.6 Å². The lowest BCUT2D eigenvalue weighted by atomic mass is 10.2. The summed E-state index contributed by atoms with van der Waals surface area (Å²) >= 11 is 3.40. The molecule has 0 fully saturated rings. The Morgan fingerprint density at radius 2 is 1.71 bits per heavy atom. The van der Waals surface area contributed by atoms with Gasteiger partial charge in [-0.25, -0.2) is 0 Å². The molecule has 21 heavy (non-hydrogen) atoms. The van der Waals surface area contributed by atoms with Gasteiger partial charge in [0.25, 0.3) is 0 Å². The van der Waals surface area contributed by atoms with Crippen molar-refractivity contribution in [2.24, 2.45) is 0 Å². The Kier molecular flexibility index (Phi) is 2.78. The van der Waals surface area contributed by atoms with E-state index in [9.17, 15) is 0 Å². The van der Waals surface area contributed by atoms with Gasteiger partial charge in [-0.05, 0) is 40.8 Å². The molecule has 0 saturated carbocycles. The van der Waals surface area contributed by atoms with Gasteiger partial charge in [0.1, 0.15) is 5.75 Å². The minimum Gasteiger partial charge on any atom is -0.437 e. The molecule has 0 aliphatic carbocycles. The van der Waals surface area contributed by atoms with Crippen LogP contribution in [-0.2, 0) is 0 Å². The van der Waals surface area contributed by atoms with Gasteiger partial charge in [0.15, 0.2) is 0 Å². The van der Waals surface area contributed by atoms with Gasteiger partial charge in [-0.2, -0.15) is 0 Å². The highest BCUT2D eigenvalue weighted by Crippen LogP contribution is 2.29. The van der Waals surface area contributed by atoms with Crippen LogP contribution in [0.4, 0.5) is 0 Å². The summed E-state index contributed by atoms with van der Waals surface area (Å²) in [5, 5.41) is 17.6. The number of aromatic nitrogens is 5. The van der Waals surface area contributed by atoms with E-state index < -0.39 is 0 Å². The van der Waals surface area contributed by atoms with E-state index in [1.54, 1.807) is 0 Å². The Bertz CT molecular complexity index is 935. The Morgan fingerprint density at radius 3 is 2.52 bits per heavy atom. The Balaban J connectivity index is 1.91. The number of halogens is 1. The van der Waals surface area contributed by atoms with Crippen molar-refractivity contribution < 1.29 is 4.74 Å². The maximum Gasteiger partial charge on any atom is 0.247 e. The monoisotopic (exact) mass is 341 g/mol. The maximum absolute atomic E-state index is 5.88. The highest BCUT2D eigenvalue weighted by molar-refractivity contribution is 9.10. The molecule has 0 unspecified atom stereocenters. The van der Waals surface area contributed by atoms with Crippen molar-refractivity contribution in [1.82, 2.24) is 25.3 Å². The zero-order chi connectivity index (χ0) is 14.2. The van der Waals surface area contributed by atoms with Gasteiger partial charge in [0.2, 0.25) is 11.5 Å². The molecule has 2 aromatic heterocycles. The van der Waals surface area contributed by atoms with Crippen LogP contribution in [0.2, 0.25) is 0 Å². The molecular weight excluding hydrogens is 334 g/mol. The van der Waals surface area contributed by atoms with Crippen molar-refractivity contribution in [1.29, 1.82) is 0 Å². The first-order chi connectivity index (χ1) is 10.3. The van der Waals surface area contributed by atoms with Crippen molar-refractivity contribution in [3.05, 3.63) is 53.0 Å². The van der Waals surface area contributed by atoms with Gasteiger partial charge in [-0.15, -0.1) is 14.8 Å². The number of ether oxygens (including phenoxy) is 1. The van der Waals surface area contributed by atoms with E-state index in [0.29, 0.717) is 17.3 Å². The van der Waals surface area contributed by atoms with Gasteiger partial charge in [-0.1, -0.05) is 34.1 Å². The van der Waals surface area contributed by atoms with Crippen LogP contribution in [-0.4, -0.2) is 25.3 Å². The highest BCUT2D eigenvalue weighted by Gasteiger charge is 2.12. The second-order valence-electron chi connectivity index (χ2n) is 4.40. The molecule has 0 aliphatic heterocycles. The van der Waals surface area contributed by atoms with Crippen molar-refractivity contribution in [2.75, 3.05) is 0 Å². The van der Waals surface area contributed by atoms with E-state index >= 15 is 0 Å². The number of benzene rings is 2. The van der Waals surface area contributed by atoms with E-state index in [-0.39, 0.29) is 0 Å². The van der Waals surface area contributed by atoms with Crippen LogP contribution in [0.15, 0.2) is 53.0 Å². The summed E-state index contributed by atoms with van der Waals surface area (Å²) in [6, 6.07) is 15.3. The number of hydrogen-bond acceptors (Lipinski definition) is 5. The molecule has 6 nitrogen and oxygen atoms in total. The van der Waals surface area contributed by atoms with Crippen LogP contribution in [0.5, 0.6) is 11.6 Å². The van der Waals surface area contributed by atoms with Gasteiger partial charge in [0.05, 0.1) is 0 Å². The average molecular weight is 342 g/mol. The van der Waals surface area contributed by atoms with Crippen molar-refractivity contribution >= 4 is 32.3 Å². The lowest BCUT2D eigenvalue weighted by Crippen LogP contribution is -1.99. The molecule has 0 N–H and O–H groups in total. The largest absolute Gasteiger partial charge is 0.437 e.